The van der Waals surface area contributed by atoms with Gasteiger partial charge in [-0.3, -0.25) is 10.1 Å². The van der Waals surface area contributed by atoms with Crippen molar-refractivity contribution in [1.29, 1.82) is 0 Å². The fourth-order valence-electron chi connectivity index (χ4n) is 1.64. The molecular formula is C10H18F3N3O2. The quantitative estimate of drug-likeness (QED) is 0.598. The Morgan fingerprint density at radius 2 is 2.22 bits per heavy atom. The molecule has 0 aromatic heterocycles. The van der Waals surface area contributed by atoms with E-state index in [0.29, 0.717) is 0 Å². The van der Waals surface area contributed by atoms with Gasteiger partial charge in [-0.2, -0.15) is 13.2 Å². The predicted molar refractivity (Wildman–Crippen MR) is 58.6 cm³/mol. The zero-order valence-corrected chi connectivity index (χ0v) is 10.1. The van der Waals surface area contributed by atoms with Crippen LogP contribution < -0.4 is 16.4 Å². The molecule has 106 valence electrons. The summed E-state index contributed by atoms with van der Waals surface area (Å²) in [6.45, 7) is 0.863. The molecule has 1 rings (SSSR count). The number of nitrogens with one attached hydrogen (secondary N) is 2. The zero-order chi connectivity index (χ0) is 13.8. The molecule has 0 radical (unpaired) electrons. The molecule has 1 aliphatic rings. The van der Waals surface area contributed by atoms with Crippen LogP contribution in [0.1, 0.15) is 19.8 Å². The first-order valence-corrected chi connectivity index (χ1v) is 5.72. The second kappa shape index (κ2) is 5.85. The lowest BCUT2D eigenvalue weighted by molar-refractivity contribution is -0.162. The van der Waals surface area contributed by atoms with Crippen LogP contribution in [-0.4, -0.2) is 43.5 Å². The van der Waals surface area contributed by atoms with Crippen LogP contribution in [0.25, 0.3) is 0 Å². The molecule has 1 saturated heterocycles. The average Bonchev–Trinajstić information content (AvgIpc) is 2.75. The van der Waals surface area contributed by atoms with E-state index in [9.17, 15) is 18.0 Å². The van der Waals surface area contributed by atoms with E-state index in [4.69, 9.17) is 10.5 Å². The maximum atomic E-state index is 12.1. The van der Waals surface area contributed by atoms with E-state index < -0.39 is 24.4 Å². The number of halogens is 3. The highest BCUT2D eigenvalue weighted by molar-refractivity contribution is 5.82. The van der Waals surface area contributed by atoms with E-state index in [0.717, 1.165) is 19.4 Å². The summed E-state index contributed by atoms with van der Waals surface area (Å²) in [6.07, 6.45) is -2.57. The second-order valence-corrected chi connectivity index (χ2v) is 4.47. The third kappa shape index (κ3) is 4.79. The van der Waals surface area contributed by atoms with Crippen molar-refractivity contribution in [2.24, 2.45) is 5.73 Å². The maximum absolute atomic E-state index is 12.1. The third-order valence-electron chi connectivity index (χ3n) is 2.83. The van der Waals surface area contributed by atoms with Crippen LogP contribution in [-0.2, 0) is 9.53 Å². The number of hydrogen-bond acceptors (Lipinski definition) is 4. The number of amides is 1. The summed E-state index contributed by atoms with van der Waals surface area (Å²) in [5.41, 5.74) is 3.27. The number of carbonyl (C=O) groups is 1. The molecule has 0 spiro atoms. The van der Waals surface area contributed by atoms with Crippen LogP contribution in [0.5, 0.6) is 0 Å². The van der Waals surface area contributed by atoms with E-state index in [1.807, 2.05) is 5.32 Å². The monoisotopic (exact) mass is 269 g/mol. The summed E-state index contributed by atoms with van der Waals surface area (Å²) in [6, 6.07) is 0.0522. The molecule has 0 aliphatic carbocycles. The minimum Gasteiger partial charge on any atom is -0.366 e. The lowest BCUT2D eigenvalue weighted by Crippen LogP contribution is -2.58. The van der Waals surface area contributed by atoms with Gasteiger partial charge < -0.3 is 15.8 Å². The smallest absolute Gasteiger partial charge is 0.366 e. The van der Waals surface area contributed by atoms with E-state index in [2.05, 4.69) is 5.32 Å². The molecule has 5 nitrogen and oxygen atoms in total. The number of primary amides is 1. The number of alkyl halides is 3. The van der Waals surface area contributed by atoms with Gasteiger partial charge in [0.05, 0.1) is 13.2 Å². The fraction of sp³-hybridized carbons (Fsp3) is 0.900. The number of carbonyl (C=O) groups excluding carboxylic acids is 1. The summed E-state index contributed by atoms with van der Waals surface area (Å²) in [4.78, 5) is 11.2. The second-order valence-electron chi connectivity index (χ2n) is 4.47. The van der Waals surface area contributed by atoms with Gasteiger partial charge in [-0.25, -0.2) is 0 Å². The molecule has 18 heavy (non-hydrogen) atoms. The van der Waals surface area contributed by atoms with E-state index in [1.165, 1.54) is 6.92 Å². The first-order valence-electron chi connectivity index (χ1n) is 5.72. The van der Waals surface area contributed by atoms with Gasteiger partial charge in [0.15, 0.2) is 5.72 Å². The highest BCUT2D eigenvalue weighted by Gasteiger charge is 2.38. The van der Waals surface area contributed by atoms with Crippen molar-refractivity contribution in [3.63, 3.8) is 0 Å². The molecule has 1 fully saturated rings. The molecule has 0 aromatic carbocycles. The van der Waals surface area contributed by atoms with E-state index in [1.54, 1.807) is 0 Å². The van der Waals surface area contributed by atoms with Crippen LogP contribution in [0, 0.1) is 0 Å². The number of nitrogens with two attached hydrogens (primary N) is 1. The summed E-state index contributed by atoms with van der Waals surface area (Å²) < 4.78 is 41.5. The van der Waals surface area contributed by atoms with Gasteiger partial charge in [-0.05, 0) is 26.3 Å². The van der Waals surface area contributed by atoms with Gasteiger partial charge in [-0.1, -0.05) is 0 Å². The Morgan fingerprint density at radius 3 is 2.67 bits per heavy atom. The van der Waals surface area contributed by atoms with Crippen molar-refractivity contribution in [3.8, 4) is 0 Å². The highest BCUT2D eigenvalue weighted by Crippen LogP contribution is 2.16. The molecular weight excluding hydrogens is 251 g/mol. The molecule has 1 unspecified atom stereocenters. The van der Waals surface area contributed by atoms with Crippen molar-refractivity contribution in [2.75, 3.05) is 19.7 Å². The predicted octanol–water partition coefficient (Wildman–Crippen LogP) is 0.108. The minimum absolute atomic E-state index is 0.0522. The highest BCUT2D eigenvalue weighted by atomic mass is 19.4. The molecule has 2 atom stereocenters. The fourth-order valence-corrected chi connectivity index (χ4v) is 1.64. The van der Waals surface area contributed by atoms with E-state index >= 15 is 0 Å². The molecule has 0 bridgehead atoms. The molecule has 1 heterocycles. The molecule has 1 aliphatic heterocycles. The summed E-state index contributed by atoms with van der Waals surface area (Å²) in [7, 11) is 0. The maximum Gasteiger partial charge on any atom is 0.401 e. The van der Waals surface area contributed by atoms with Gasteiger partial charge in [0.1, 0.15) is 0 Å². The summed E-state index contributed by atoms with van der Waals surface area (Å²) in [5, 5.41) is 5.12. The zero-order valence-electron chi connectivity index (χ0n) is 10.1. The lowest BCUT2D eigenvalue weighted by Gasteiger charge is -2.29. The lowest BCUT2D eigenvalue weighted by atomic mass is 10.2. The molecule has 4 N–H and O–H groups in total. The number of rotatable bonds is 6. The van der Waals surface area contributed by atoms with Crippen molar-refractivity contribution >= 4 is 5.91 Å². The topological polar surface area (TPSA) is 76.4 Å². The van der Waals surface area contributed by atoms with Crippen LogP contribution in [0.3, 0.4) is 0 Å². The Morgan fingerprint density at radius 1 is 1.56 bits per heavy atom. The van der Waals surface area contributed by atoms with Crippen LogP contribution >= 0.6 is 0 Å². The molecule has 1 amide bonds. The normalized spacial score (nSPS) is 23.9. The Hall–Kier alpha value is -0.860. The van der Waals surface area contributed by atoms with Crippen LogP contribution in [0.2, 0.25) is 0 Å². The van der Waals surface area contributed by atoms with Crippen molar-refractivity contribution in [2.45, 2.75) is 37.7 Å². The Balaban J connectivity index is 2.48. The molecule has 0 saturated carbocycles. The Bertz CT molecular complexity index is 293. The first kappa shape index (κ1) is 15.2. The van der Waals surface area contributed by atoms with Crippen LogP contribution in [0.15, 0.2) is 0 Å². The van der Waals surface area contributed by atoms with Gasteiger partial charge in [0, 0.05) is 6.04 Å². The average molecular weight is 269 g/mol. The Labute approximate surface area is 103 Å². The molecule has 8 heteroatoms. The van der Waals surface area contributed by atoms with Crippen LogP contribution in [0.4, 0.5) is 13.2 Å². The van der Waals surface area contributed by atoms with Gasteiger partial charge >= 0.3 is 6.18 Å². The third-order valence-corrected chi connectivity index (χ3v) is 2.83. The standard InChI is InChI=1S/C10H18F3N3O2/c1-9(8(14)17,16-6-10(11,12)13)18-5-7-3-2-4-15-7/h7,15-16H,2-6H2,1H3,(H2,14,17)/t7?,9-/m1/s1. The van der Waals surface area contributed by atoms with Gasteiger partial charge in [0.25, 0.3) is 5.91 Å². The van der Waals surface area contributed by atoms with Gasteiger partial charge in [-0.15, -0.1) is 0 Å². The number of ether oxygens (including phenoxy) is 1. The summed E-state index contributed by atoms with van der Waals surface area (Å²) in [5.74, 6) is -0.968. The number of hydrogen-bond donors (Lipinski definition) is 3. The van der Waals surface area contributed by atoms with Gasteiger partial charge in [0.2, 0.25) is 0 Å². The van der Waals surface area contributed by atoms with Crippen molar-refractivity contribution in [3.05, 3.63) is 0 Å². The Kier molecular flexibility index (Phi) is 4.94. The first-order chi connectivity index (χ1) is 8.23. The molecule has 0 aromatic rings. The van der Waals surface area contributed by atoms with Crippen molar-refractivity contribution in [1.82, 2.24) is 10.6 Å². The van der Waals surface area contributed by atoms with Crippen molar-refractivity contribution < 1.29 is 22.7 Å². The SMILES string of the molecule is C[C@@](NCC(F)(F)F)(OCC1CCCN1)C(N)=O. The van der Waals surface area contributed by atoms with E-state index in [-0.39, 0.29) is 12.6 Å². The summed E-state index contributed by atoms with van der Waals surface area (Å²) >= 11 is 0. The minimum atomic E-state index is -4.42. The largest absolute Gasteiger partial charge is 0.401 e.